The molecule has 1 unspecified atom stereocenters. The van der Waals surface area contributed by atoms with Gasteiger partial charge >= 0.3 is 0 Å². The highest BCUT2D eigenvalue weighted by Gasteiger charge is 2.17. The highest BCUT2D eigenvalue weighted by atomic mass is 35.5. The van der Waals surface area contributed by atoms with E-state index in [1.54, 1.807) is 6.07 Å². The molecule has 0 spiro atoms. The second-order valence-corrected chi connectivity index (χ2v) is 5.68. The van der Waals surface area contributed by atoms with Crippen LogP contribution in [0.15, 0.2) is 29.3 Å². The number of benzene rings is 1. The summed E-state index contributed by atoms with van der Waals surface area (Å²) < 4.78 is 5.58. The Morgan fingerprint density at radius 1 is 1.55 bits per heavy atom. The normalized spacial score (nSPS) is 20.0. The van der Waals surface area contributed by atoms with Crippen molar-refractivity contribution < 1.29 is 4.74 Å². The average Bonchev–Trinajstić information content (AvgIpc) is 2.43. The van der Waals surface area contributed by atoms with Crippen molar-refractivity contribution in [3.8, 4) is 5.75 Å². The second-order valence-electron chi connectivity index (χ2n) is 5.24. The fourth-order valence-electron chi connectivity index (χ4n) is 2.38. The zero-order valence-electron chi connectivity index (χ0n) is 11.9. The van der Waals surface area contributed by atoms with Crippen LogP contribution in [0.4, 0.5) is 0 Å². The third kappa shape index (κ3) is 4.60. The monoisotopic (exact) mass is 295 g/mol. The molecule has 0 bridgehead atoms. The Morgan fingerprint density at radius 2 is 2.40 bits per heavy atom. The molecule has 1 aromatic carbocycles. The number of guanidine groups is 1. The van der Waals surface area contributed by atoms with Crippen molar-refractivity contribution in [2.24, 2.45) is 16.6 Å². The molecule has 1 saturated heterocycles. The van der Waals surface area contributed by atoms with Crippen molar-refractivity contribution in [2.45, 2.75) is 19.8 Å². The molecule has 1 atom stereocenters. The molecular formula is C15H22ClN3O. The van der Waals surface area contributed by atoms with E-state index in [9.17, 15) is 0 Å². The van der Waals surface area contributed by atoms with Gasteiger partial charge < -0.3 is 15.4 Å². The van der Waals surface area contributed by atoms with Crippen LogP contribution >= 0.6 is 11.6 Å². The molecule has 0 aromatic heterocycles. The highest BCUT2D eigenvalue weighted by molar-refractivity contribution is 6.30. The highest BCUT2D eigenvalue weighted by Crippen LogP contribution is 2.17. The van der Waals surface area contributed by atoms with E-state index in [1.807, 2.05) is 18.2 Å². The molecule has 0 radical (unpaired) electrons. The van der Waals surface area contributed by atoms with Crippen LogP contribution < -0.4 is 10.5 Å². The van der Waals surface area contributed by atoms with Gasteiger partial charge in [-0.05, 0) is 37.0 Å². The van der Waals surface area contributed by atoms with Gasteiger partial charge in [-0.25, -0.2) is 4.99 Å². The summed E-state index contributed by atoms with van der Waals surface area (Å²) in [6.07, 6.45) is 2.47. The zero-order valence-corrected chi connectivity index (χ0v) is 12.6. The number of aliphatic imine (C=N–C) groups is 1. The molecule has 110 valence electrons. The molecule has 1 heterocycles. The molecule has 1 aliphatic rings. The summed E-state index contributed by atoms with van der Waals surface area (Å²) in [6.45, 7) is 5.33. The van der Waals surface area contributed by atoms with Crippen molar-refractivity contribution >= 4 is 17.6 Å². The van der Waals surface area contributed by atoms with Gasteiger partial charge in [-0.2, -0.15) is 0 Å². The fourth-order valence-corrected chi connectivity index (χ4v) is 2.56. The number of rotatable bonds is 4. The van der Waals surface area contributed by atoms with Crippen LogP contribution in [0, 0.1) is 5.92 Å². The maximum absolute atomic E-state index is 6.01. The molecule has 0 saturated carbocycles. The molecule has 0 aliphatic carbocycles. The first-order valence-corrected chi connectivity index (χ1v) is 7.46. The topological polar surface area (TPSA) is 50.8 Å². The number of nitrogens with two attached hydrogens (primary N) is 1. The summed E-state index contributed by atoms with van der Waals surface area (Å²) in [7, 11) is 0. The van der Waals surface area contributed by atoms with Crippen LogP contribution in [0.25, 0.3) is 0 Å². The second kappa shape index (κ2) is 7.39. The smallest absolute Gasteiger partial charge is 0.191 e. The summed E-state index contributed by atoms with van der Waals surface area (Å²) in [5.74, 6) is 2.09. The van der Waals surface area contributed by atoms with Gasteiger partial charge in [-0.3, -0.25) is 0 Å². The van der Waals surface area contributed by atoms with Crippen molar-refractivity contribution in [1.82, 2.24) is 4.90 Å². The fraction of sp³-hybridized carbons (Fsp3) is 0.533. The molecular weight excluding hydrogens is 274 g/mol. The van der Waals surface area contributed by atoms with Gasteiger partial charge in [0.1, 0.15) is 12.4 Å². The van der Waals surface area contributed by atoms with Gasteiger partial charge in [0.2, 0.25) is 0 Å². The van der Waals surface area contributed by atoms with Crippen LogP contribution in [-0.4, -0.2) is 37.1 Å². The number of piperidine rings is 1. The van der Waals surface area contributed by atoms with E-state index in [0.717, 1.165) is 18.8 Å². The Labute approximate surface area is 125 Å². The van der Waals surface area contributed by atoms with E-state index in [1.165, 1.54) is 12.8 Å². The molecule has 2 N–H and O–H groups in total. The predicted octanol–water partition coefficient (Wildman–Crippen LogP) is 2.77. The molecule has 0 amide bonds. The van der Waals surface area contributed by atoms with Gasteiger partial charge in [0.25, 0.3) is 0 Å². The maximum atomic E-state index is 6.01. The van der Waals surface area contributed by atoms with Crippen LogP contribution in [-0.2, 0) is 0 Å². The molecule has 4 nitrogen and oxygen atoms in total. The van der Waals surface area contributed by atoms with Crippen molar-refractivity contribution in [3.05, 3.63) is 29.3 Å². The minimum absolute atomic E-state index is 0.504. The lowest BCUT2D eigenvalue weighted by Crippen LogP contribution is -2.43. The lowest BCUT2D eigenvalue weighted by molar-refractivity contribution is 0.269. The lowest BCUT2D eigenvalue weighted by Gasteiger charge is -2.31. The number of halogens is 1. The summed E-state index contributed by atoms with van der Waals surface area (Å²) in [5.41, 5.74) is 6.01. The first-order chi connectivity index (χ1) is 9.65. The summed E-state index contributed by atoms with van der Waals surface area (Å²) in [5, 5.41) is 0.674. The van der Waals surface area contributed by atoms with Crippen LogP contribution in [0.1, 0.15) is 19.8 Å². The van der Waals surface area contributed by atoms with E-state index >= 15 is 0 Å². The van der Waals surface area contributed by atoms with Crippen molar-refractivity contribution in [1.29, 1.82) is 0 Å². The van der Waals surface area contributed by atoms with E-state index in [-0.39, 0.29) is 0 Å². The van der Waals surface area contributed by atoms with E-state index in [2.05, 4.69) is 16.8 Å². The minimum Gasteiger partial charge on any atom is -0.492 e. The summed E-state index contributed by atoms with van der Waals surface area (Å²) in [4.78, 5) is 6.54. The molecule has 20 heavy (non-hydrogen) atoms. The van der Waals surface area contributed by atoms with Gasteiger partial charge in [0.15, 0.2) is 5.96 Å². The Morgan fingerprint density at radius 3 is 3.15 bits per heavy atom. The van der Waals surface area contributed by atoms with Crippen molar-refractivity contribution in [3.63, 3.8) is 0 Å². The summed E-state index contributed by atoms with van der Waals surface area (Å²) >= 11 is 5.89. The molecule has 2 rings (SSSR count). The van der Waals surface area contributed by atoms with E-state index in [4.69, 9.17) is 22.1 Å². The van der Waals surface area contributed by atoms with E-state index in [0.29, 0.717) is 30.1 Å². The number of hydrogen-bond donors (Lipinski definition) is 1. The quantitative estimate of drug-likeness (QED) is 0.528. The van der Waals surface area contributed by atoms with Gasteiger partial charge in [0, 0.05) is 18.1 Å². The Hall–Kier alpha value is -1.42. The first-order valence-electron chi connectivity index (χ1n) is 7.08. The molecule has 1 fully saturated rings. The molecule has 1 aromatic rings. The van der Waals surface area contributed by atoms with Gasteiger partial charge in [0.05, 0.1) is 6.54 Å². The largest absolute Gasteiger partial charge is 0.492 e. The number of nitrogens with zero attached hydrogens (tertiary/aromatic N) is 2. The molecule has 5 heteroatoms. The number of likely N-dealkylation sites (tertiary alicyclic amines) is 1. The third-order valence-corrected chi connectivity index (χ3v) is 3.65. The van der Waals surface area contributed by atoms with Crippen molar-refractivity contribution in [2.75, 3.05) is 26.2 Å². The van der Waals surface area contributed by atoms with E-state index < -0.39 is 0 Å². The minimum atomic E-state index is 0.504. The Bertz CT molecular complexity index is 464. The Balaban J connectivity index is 1.75. The van der Waals surface area contributed by atoms with Gasteiger partial charge in [-0.15, -0.1) is 0 Å². The zero-order chi connectivity index (χ0) is 14.4. The van der Waals surface area contributed by atoms with Gasteiger partial charge in [-0.1, -0.05) is 24.6 Å². The van der Waals surface area contributed by atoms with Crippen LogP contribution in [0.2, 0.25) is 5.02 Å². The lowest BCUT2D eigenvalue weighted by atomic mass is 10.0. The SMILES string of the molecule is CC1CCCN(C(N)=NCCOc2cccc(Cl)c2)C1. The third-order valence-electron chi connectivity index (χ3n) is 3.41. The summed E-state index contributed by atoms with van der Waals surface area (Å²) in [6, 6.07) is 7.36. The maximum Gasteiger partial charge on any atom is 0.191 e. The number of ether oxygens (including phenoxy) is 1. The first kappa shape index (κ1) is 15.0. The Kier molecular flexibility index (Phi) is 5.53. The predicted molar refractivity (Wildman–Crippen MR) is 83.4 cm³/mol. The average molecular weight is 296 g/mol. The number of hydrogen-bond acceptors (Lipinski definition) is 2. The van der Waals surface area contributed by atoms with Crippen LogP contribution in [0.5, 0.6) is 5.75 Å². The standard InChI is InChI=1S/C15H22ClN3O/c1-12-4-3-8-19(11-12)15(17)18-7-9-20-14-6-2-5-13(16)10-14/h2,5-6,10,12H,3-4,7-9,11H2,1H3,(H2,17,18). The molecule has 1 aliphatic heterocycles. The van der Waals surface area contributed by atoms with Crippen LogP contribution in [0.3, 0.4) is 0 Å².